The van der Waals surface area contributed by atoms with Gasteiger partial charge in [-0.25, -0.2) is 10.9 Å². The fourth-order valence-corrected chi connectivity index (χ4v) is 4.34. The molecule has 2 unspecified atom stereocenters. The van der Waals surface area contributed by atoms with Crippen molar-refractivity contribution in [1.29, 1.82) is 0 Å². The Hall–Kier alpha value is -1.73. The van der Waals surface area contributed by atoms with Gasteiger partial charge in [0, 0.05) is 36.1 Å². The fraction of sp³-hybridized carbons (Fsp3) is 0.421. The Balaban J connectivity index is 1.26. The van der Waals surface area contributed by atoms with Crippen LogP contribution in [0.3, 0.4) is 0 Å². The zero-order chi connectivity index (χ0) is 17.1. The Bertz CT molecular complexity index is 683. The number of hydrogen-bond donors (Lipinski definition) is 3. The van der Waals surface area contributed by atoms with Gasteiger partial charge in [-0.2, -0.15) is 11.3 Å². The summed E-state index contributed by atoms with van der Waals surface area (Å²) < 4.78 is 0. The second kappa shape index (κ2) is 7.66. The molecule has 4 rings (SSSR count). The molecular weight excluding hydrogens is 332 g/mol. The smallest absolute Gasteiger partial charge is 0.252 e. The van der Waals surface area contributed by atoms with E-state index in [0.717, 1.165) is 37.9 Å². The number of piperidine rings is 1. The van der Waals surface area contributed by atoms with E-state index in [1.54, 1.807) is 11.3 Å². The summed E-state index contributed by atoms with van der Waals surface area (Å²) >= 11 is 1.56. The molecule has 2 aliphatic heterocycles. The first-order valence-electron chi connectivity index (χ1n) is 8.93. The number of nitrogens with zero attached hydrogens (tertiary/aromatic N) is 1. The predicted molar refractivity (Wildman–Crippen MR) is 100 cm³/mol. The van der Waals surface area contributed by atoms with Gasteiger partial charge in [0.1, 0.15) is 0 Å². The molecule has 0 aliphatic carbocycles. The Kier molecular flexibility index (Phi) is 5.12. The van der Waals surface area contributed by atoms with E-state index in [0.29, 0.717) is 12.2 Å². The normalized spacial score (nSPS) is 25.1. The van der Waals surface area contributed by atoms with Crippen molar-refractivity contribution >= 4 is 17.2 Å². The van der Waals surface area contributed by atoms with Crippen LogP contribution in [0.4, 0.5) is 0 Å². The molecular formula is C19H24N4OS. The SMILES string of the molecule is O=C(NC1CCN(C2CC(c3ccccc3)NN2)CC1)c1ccsc1. The number of nitrogens with one attached hydrogen (secondary N) is 3. The summed E-state index contributed by atoms with van der Waals surface area (Å²) in [6.07, 6.45) is 3.43. The maximum atomic E-state index is 12.2. The van der Waals surface area contributed by atoms with Crippen LogP contribution in [-0.4, -0.2) is 36.1 Å². The summed E-state index contributed by atoms with van der Waals surface area (Å²) in [5, 5.41) is 7.02. The van der Waals surface area contributed by atoms with Gasteiger partial charge < -0.3 is 5.32 Å². The van der Waals surface area contributed by atoms with E-state index < -0.39 is 0 Å². The first-order chi connectivity index (χ1) is 12.3. The molecule has 0 saturated carbocycles. The molecule has 2 aromatic rings. The molecule has 132 valence electrons. The Labute approximate surface area is 152 Å². The first-order valence-corrected chi connectivity index (χ1v) is 9.87. The van der Waals surface area contributed by atoms with E-state index in [4.69, 9.17) is 0 Å². The molecule has 0 bridgehead atoms. The van der Waals surface area contributed by atoms with E-state index in [2.05, 4.69) is 51.4 Å². The third kappa shape index (κ3) is 3.93. The van der Waals surface area contributed by atoms with Crippen LogP contribution in [0.5, 0.6) is 0 Å². The van der Waals surface area contributed by atoms with Gasteiger partial charge in [0.2, 0.25) is 0 Å². The monoisotopic (exact) mass is 356 g/mol. The van der Waals surface area contributed by atoms with Gasteiger partial charge >= 0.3 is 0 Å². The number of carbonyl (C=O) groups excluding carboxylic acids is 1. The molecule has 6 heteroatoms. The lowest BCUT2D eigenvalue weighted by Gasteiger charge is -2.35. The van der Waals surface area contributed by atoms with Crippen LogP contribution < -0.4 is 16.2 Å². The molecule has 0 radical (unpaired) electrons. The molecule has 3 heterocycles. The third-order valence-corrected chi connectivity index (χ3v) is 5.86. The summed E-state index contributed by atoms with van der Waals surface area (Å²) in [6.45, 7) is 2.02. The molecule has 1 aromatic heterocycles. The minimum absolute atomic E-state index is 0.0597. The highest BCUT2D eigenvalue weighted by molar-refractivity contribution is 7.08. The number of thiophene rings is 1. The lowest BCUT2D eigenvalue weighted by Crippen LogP contribution is -2.51. The van der Waals surface area contributed by atoms with Gasteiger partial charge in [-0.3, -0.25) is 9.69 Å². The highest BCUT2D eigenvalue weighted by atomic mass is 32.1. The lowest BCUT2D eigenvalue weighted by molar-refractivity contribution is 0.0880. The van der Waals surface area contributed by atoms with Gasteiger partial charge in [-0.1, -0.05) is 30.3 Å². The number of benzene rings is 1. The van der Waals surface area contributed by atoms with Crippen molar-refractivity contribution in [1.82, 2.24) is 21.1 Å². The van der Waals surface area contributed by atoms with Gasteiger partial charge in [-0.15, -0.1) is 0 Å². The lowest BCUT2D eigenvalue weighted by atomic mass is 10.0. The number of rotatable bonds is 4. The second-order valence-corrected chi connectivity index (χ2v) is 7.58. The van der Waals surface area contributed by atoms with Crippen molar-refractivity contribution in [2.75, 3.05) is 13.1 Å². The highest BCUT2D eigenvalue weighted by Gasteiger charge is 2.32. The Morgan fingerprint density at radius 3 is 2.64 bits per heavy atom. The van der Waals surface area contributed by atoms with Gasteiger partial charge in [0.15, 0.2) is 0 Å². The predicted octanol–water partition coefficient (Wildman–Crippen LogP) is 2.51. The number of amides is 1. The average molecular weight is 356 g/mol. The fourth-order valence-electron chi connectivity index (χ4n) is 3.70. The standard InChI is InChI=1S/C19H24N4OS/c24-19(15-8-11-25-13-15)20-16-6-9-23(10-7-16)18-12-17(21-22-18)14-4-2-1-3-5-14/h1-5,8,11,13,16-18,21-22H,6-7,9-10,12H2,(H,20,24). The average Bonchev–Trinajstić information content (AvgIpc) is 3.35. The summed E-state index contributed by atoms with van der Waals surface area (Å²) in [5.41, 5.74) is 8.97. The van der Waals surface area contributed by atoms with E-state index in [1.807, 2.05) is 16.8 Å². The number of carbonyl (C=O) groups is 1. The van der Waals surface area contributed by atoms with Gasteiger partial charge in [0.05, 0.1) is 6.17 Å². The van der Waals surface area contributed by atoms with Crippen molar-refractivity contribution in [3.8, 4) is 0 Å². The number of hydrazine groups is 1. The van der Waals surface area contributed by atoms with Crippen LogP contribution in [-0.2, 0) is 0 Å². The molecule has 2 saturated heterocycles. The highest BCUT2D eigenvalue weighted by Crippen LogP contribution is 2.25. The molecule has 1 amide bonds. The topological polar surface area (TPSA) is 56.4 Å². The second-order valence-electron chi connectivity index (χ2n) is 6.80. The molecule has 2 fully saturated rings. The minimum Gasteiger partial charge on any atom is -0.349 e. The van der Waals surface area contributed by atoms with Gasteiger partial charge in [-0.05, 0) is 36.3 Å². The van der Waals surface area contributed by atoms with Crippen LogP contribution in [0.2, 0.25) is 0 Å². The molecule has 0 spiro atoms. The number of likely N-dealkylation sites (tertiary alicyclic amines) is 1. The quantitative estimate of drug-likeness (QED) is 0.788. The van der Waals surface area contributed by atoms with E-state index >= 15 is 0 Å². The van der Waals surface area contributed by atoms with Crippen LogP contribution in [0.15, 0.2) is 47.2 Å². The van der Waals surface area contributed by atoms with Crippen LogP contribution in [0.1, 0.15) is 41.2 Å². The zero-order valence-corrected chi connectivity index (χ0v) is 15.0. The summed E-state index contributed by atoms with van der Waals surface area (Å²) in [6, 6.07) is 13.1. The summed E-state index contributed by atoms with van der Waals surface area (Å²) in [7, 11) is 0. The minimum atomic E-state index is 0.0597. The van der Waals surface area contributed by atoms with Crippen LogP contribution in [0.25, 0.3) is 0 Å². The first kappa shape index (κ1) is 16.7. The Morgan fingerprint density at radius 2 is 1.92 bits per heavy atom. The van der Waals surface area contributed by atoms with Crippen molar-refractivity contribution in [2.24, 2.45) is 0 Å². The maximum Gasteiger partial charge on any atom is 0.252 e. The van der Waals surface area contributed by atoms with Gasteiger partial charge in [0.25, 0.3) is 5.91 Å². The third-order valence-electron chi connectivity index (χ3n) is 5.17. The van der Waals surface area contributed by atoms with Crippen molar-refractivity contribution in [3.63, 3.8) is 0 Å². The summed E-state index contributed by atoms with van der Waals surface area (Å²) in [5.74, 6) is 0.0597. The largest absolute Gasteiger partial charge is 0.349 e. The van der Waals surface area contributed by atoms with E-state index in [1.165, 1.54) is 5.56 Å². The molecule has 5 nitrogen and oxygen atoms in total. The molecule has 3 N–H and O–H groups in total. The zero-order valence-electron chi connectivity index (χ0n) is 14.2. The van der Waals surface area contributed by atoms with Crippen molar-refractivity contribution < 1.29 is 4.79 Å². The van der Waals surface area contributed by atoms with Crippen LogP contribution in [0, 0.1) is 0 Å². The van der Waals surface area contributed by atoms with Crippen LogP contribution >= 0.6 is 11.3 Å². The van der Waals surface area contributed by atoms with E-state index in [9.17, 15) is 4.79 Å². The van der Waals surface area contributed by atoms with E-state index in [-0.39, 0.29) is 11.9 Å². The molecule has 1 aromatic carbocycles. The molecule has 2 aliphatic rings. The molecule has 2 atom stereocenters. The van der Waals surface area contributed by atoms with Crippen molar-refractivity contribution in [2.45, 2.75) is 37.5 Å². The Morgan fingerprint density at radius 1 is 1.12 bits per heavy atom. The number of hydrogen-bond acceptors (Lipinski definition) is 5. The molecule has 25 heavy (non-hydrogen) atoms. The maximum absolute atomic E-state index is 12.2. The summed E-state index contributed by atoms with van der Waals surface area (Å²) in [4.78, 5) is 14.7. The van der Waals surface area contributed by atoms with Crippen molar-refractivity contribution in [3.05, 3.63) is 58.3 Å².